The van der Waals surface area contributed by atoms with Crippen LogP contribution in [-0.2, 0) is 14.8 Å². The van der Waals surface area contributed by atoms with Crippen LogP contribution in [0, 0.1) is 0 Å². The number of carbonyl (C=O) groups is 1. The molecule has 1 aromatic rings. The van der Waals surface area contributed by atoms with Crippen molar-refractivity contribution in [3.05, 3.63) is 24.3 Å². The van der Waals surface area contributed by atoms with E-state index in [1.807, 2.05) is 20.8 Å². The molecule has 2 aliphatic rings. The van der Waals surface area contributed by atoms with Gasteiger partial charge in [0.1, 0.15) is 16.3 Å². The molecule has 0 aromatic heterocycles. The zero-order chi connectivity index (χ0) is 18.9. The lowest BCUT2D eigenvalue weighted by Gasteiger charge is -2.36. The van der Waals surface area contributed by atoms with E-state index in [0.29, 0.717) is 44.2 Å². The minimum Gasteiger partial charge on any atom is -0.444 e. The monoisotopic (exact) mass is 380 g/mol. The Morgan fingerprint density at radius 2 is 1.85 bits per heavy atom. The van der Waals surface area contributed by atoms with E-state index in [9.17, 15) is 13.2 Å². The van der Waals surface area contributed by atoms with Crippen molar-refractivity contribution in [3.8, 4) is 0 Å². The SMILES string of the molecule is CC(C)(C)OC(=O)N1CCN(CC2=NS(=O)(=O)c3ccccc3N2)CC1. The number of carbonyl (C=O) groups excluding carboxylic acids is 1. The maximum atomic E-state index is 12.3. The first-order valence-electron chi connectivity index (χ1n) is 8.54. The summed E-state index contributed by atoms with van der Waals surface area (Å²) in [4.78, 5) is 16.0. The normalized spacial score (nSPS) is 20.0. The summed E-state index contributed by atoms with van der Waals surface area (Å²) in [6.07, 6.45) is -0.318. The second-order valence-electron chi connectivity index (χ2n) is 7.38. The Morgan fingerprint density at radius 3 is 2.50 bits per heavy atom. The number of amidine groups is 1. The molecular weight excluding hydrogens is 356 g/mol. The van der Waals surface area contributed by atoms with Crippen LogP contribution in [0.3, 0.4) is 0 Å². The van der Waals surface area contributed by atoms with Crippen LogP contribution in [0.2, 0.25) is 0 Å². The molecule has 0 aliphatic carbocycles. The highest BCUT2D eigenvalue weighted by molar-refractivity contribution is 7.90. The van der Waals surface area contributed by atoms with Gasteiger partial charge in [0, 0.05) is 26.2 Å². The van der Waals surface area contributed by atoms with E-state index in [-0.39, 0.29) is 11.0 Å². The highest BCUT2D eigenvalue weighted by Crippen LogP contribution is 2.26. The smallest absolute Gasteiger partial charge is 0.410 e. The number of rotatable bonds is 2. The van der Waals surface area contributed by atoms with E-state index in [0.717, 1.165) is 0 Å². The van der Waals surface area contributed by atoms with Crippen molar-refractivity contribution in [2.75, 3.05) is 38.0 Å². The van der Waals surface area contributed by atoms with Gasteiger partial charge in [-0.3, -0.25) is 4.90 Å². The van der Waals surface area contributed by atoms with Gasteiger partial charge in [-0.25, -0.2) is 4.79 Å². The molecule has 0 saturated carbocycles. The van der Waals surface area contributed by atoms with Gasteiger partial charge >= 0.3 is 6.09 Å². The molecule has 9 heteroatoms. The van der Waals surface area contributed by atoms with E-state index in [1.165, 1.54) is 6.07 Å². The molecule has 1 saturated heterocycles. The minimum absolute atomic E-state index is 0.193. The first kappa shape index (κ1) is 18.7. The van der Waals surface area contributed by atoms with E-state index in [4.69, 9.17) is 4.74 Å². The minimum atomic E-state index is -3.67. The summed E-state index contributed by atoms with van der Waals surface area (Å²) in [5, 5.41) is 3.09. The van der Waals surface area contributed by atoms with Crippen LogP contribution in [0.15, 0.2) is 33.6 Å². The maximum Gasteiger partial charge on any atom is 0.410 e. The summed E-state index contributed by atoms with van der Waals surface area (Å²) in [7, 11) is -3.67. The predicted octanol–water partition coefficient (Wildman–Crippen LogP) is 1.75. The van der Waals surface area contributed by atoms with Gasteiger partial charge in [0.15, 0.2) is 0 Å². The molecule has 0 radical (unpaired) electrons. The number of piperazine rings is 1. The molecular formula is C17H24N4O4S. The summed E-state index contributed by atoms with van der Waals surface area (Å²) in [5.74, 6) is 0.398. The Morgan fingerprint density at radius 1 is 1.19 bits per heavy atom. The van der Waals surface area contributed by atoms with Crippen molar-refractivity contribution in [3.63, 3.8) is 0 Å². The molecule has 2 aliphatic heterocycles. The van der Waals surface area contributed by atoms with Crippen LogP contribution < -0.4 is 5.32 Å². The highest BCUT2D eigenvalue weighted by atomic mass is 32.2. The Balaban J connectivity index is 1.59. The fraction of sp³-hybridized carbons (Fsp3) is 0.529. The summed E-state index contributed by atoms with van der Waals surface area (Å²) in [5.41, 5.74) is 0.0290. The predicted molar refractivity (Wildman–Crippen MR) is 98.9 cm³/mol. The number of nitrogens with one attached hydrogen (secondary N) is 1. The lowest BCUT2D eigenvalue weighted by Crippen LogP contribution is -2.51. The molecule has 0 spiro atoms. The highest BCUT2D eigenvalue weighted by Gasteiger charge is 2.28. The van der Waals surface area contributed by atoms with Crippen LogP contribution in [0.1, 0.15) is 20.8 Å². The van der Waals surface area contributed by atoms with Crippen molar-refractivity contribution in [1.29, 1.82) is 0 Å². The van der Waals surface area contributed by atoms with Gasteiger partial charge in [-0.1, -0.05) is 12.1 Å². The molecule has 26 heavy (non-hydrogen) atoms. The Labute approximate surface area is 153 Å². The fourth-order valence-electron chi connectivity index (χ4n) is 2.86. The average molecular weight is 380 g/mol. The Bertz CT molecular complexity index is 821. The molecule has 142 valence electrons. The number of nitrogens with zero attached hydrogens (tertiary/aromatic N) is 3. The number of fused-ring (bicyclic) bond motifs is 1. The van der Waals surface area contributed by atoms with Gasteiger partial charge in [-0.15, -0.1) is 4.40 Å². The number of anilines is 1. The van der Waals surface area contributed by atoms with E-state index in [2.05, 4.69) is 14.6 Å². The Kier molecular flexibility index (Phi) is 4.94. The number of hydrogen-bond donors (Lipinski definition) is 1. The summed E-state index contributed by atoms with van der Waals surface area (Å²) < 4.78 is 33.8. The zero-order valence-electron chi connectivity index (χ0n) is 15.2. The van der Waals surface area contributed by atoms with Crippen molar-refractivity contribution in [2.45, 2.75) is 31.3 Å². The Hall–Kier alpha value is -2.13. The van der Waals surface area contributed by atoms with E-state index < -0.39 is 15.6 Å². The molecule has 0 unspecified atom stereocenters. The molecule has 1 fully saturated rings. The third-order valence-corrected chi connectivity index (χ3v) is 5.44. The average Bonchev–Trinajstić information content (AvgIpc) is 2.53. The van der Waals surface area contributed by atoms with Gasteiger partial charge in [-0.05, 0) is 32.9 Å². The second kappa shape index (κ2) is 6.88. The van der Waals surface area contributed by atoms with E-state index >= 15 is 0 Å². The number of benzene rings is 1. The molecule has 1 aromatic carbocycles. The van der Waals surface area contributed by atoms with Crippen molar-refractivity contribution >= 4 is 27.6 Å². The summed E-state index contributed by atoms with van der Waals surface area (Å²) in [6, 6.07) is 6.72. The van der Waals surface area contributed by atoms with Crippen LogP contribution in [0.5, 0.6) is 0 Å². The molecule has 3 rings (SSSR count). The van der Waals surface area contributed by atoms with Crippen LogP contribution in [0.4, 0.5) is 10.5 Å². The standard InChI is InChI=1S/C17H24N4O4S/c1-17(2,3)25-16(22)21-10-8-20(9-11-21)12-15-18-13-6-4-5-7-14(13)26(23,24)19-15/h4-7H,8-12H2,1-3H3,(H,18,19). The third-order valence-electron chi connectivity index (χ3n) is 4.07. The third kappa shape index (κ3) is 4.34. The summed E-state index contributed by atoms with van der Waals surface area (Å²) in [6.45, 7) is 8.22. The quantitative estimate of drug-likeness (QED) is 0.841. The van der Waals surface area contributed by atoms with Crippen molar-refractivity contribution in [1.82, 2.24) is 9.80 Å². The molecule has 0 bridgehead atoms. The number of sulfonamides is 1. The lowest BCUT2D eigenvalue weighted by atomic mass is 10.2. The number of ether oxygens (including phenoxy) is 1. The zero-order valence-corrected chi connectivity index (χ0v) is 16.0. The lowest BCUT2D eigenvalue weighted by molar-refractivity contribution is 0.0157. The topological polar surface area (TPSA) is 91.3 Å². The van der Waals surface area contributed by atoms with Crippen molar-refractivity contribution in [2.24, 2.45) is 4.40 Å². The molecule has 1 N–H and O–H groups in total. The molecule has 2 heterocycles. The molecule has 8 nitrogen and oxygen atoms in total. The van der Waals surface area contributed by atoms with Crippen LogP contribution in [0.25, 0.3) is 0 Å². The van der Waals surface area contributed by atoms with Gasteiger partial charge in [-0.2, -0.15) is 8.42 Å². The number of para-hydroxylation sites is 1. The van der Waals surface area contributed by atoms with Gasteiger partial charge in [0.05, 0.1) is 12.2 Å². The van der Waals surface area contributed by atoms with E-state index in [1.54, 1.807) is 23.1 Å². The number of amides is 1. The molecule has 1 amide bonds. The van der Waals surface area contributed by atoms with Crippen molar-refractivity contribution < 1.29 is 17.9 Å². The largest absolute Gasteiger partial charge is 0.444 e. The first-order chi connectivity index (χ1) is 12.1. The van der Waals surface area contributed by atoms with Crippen LogP contribution >= 0.6 is 0 Å². The maximum absolute atomic E-state index is 12.3. The first-order valence-corrected chi connectivity index (χ1v) is 9.98. The fourth-order valence-corrected chi connectivity index (χ4v) is 4.00. The van der Waals surface area contributed by atoms with Gasteiger partial charge in [0.25, 0.3) is 10.0 Å². The second-order valence-corrected chi connectivity index (χ2v) is 8.95. The summed E-state index contributed by atoms with van der Waals surface area (Å²) >= 11 is 0. The van der Waals surface area contributed by atoms with Gasteiger partial charge < -0.3 is 15.0 Å². The van der Waals surface area contributed by atoms with Crippen LogP contribution in [-0.4, -0.2) is 68.5 Å². The molecule has 0 atom stereocenters. The van der Waals surface area contributed by atoms with Gasteiger partial charge in [0.2, 0.25) is 0 Å². The number of hydrogen-bond acceptors (Lipinski definition) is 6.